The van der Waals surface area contributed by atoms with E-state index in [2.05, 4.69) is 9.47 Å². The van der Waals surface area contributed by atoms with Crippen LogP contribution in [-0.4, -0.2) is 26.3 Å². The number of rotatable bonds is 8. The predicted molar refractivity (Wildman–Crippen MR) is 104 cm³/mol. The molecule has 0 bridgehead atoms. The first-order chi connectivity index (χ1) is 13.2. The number of benzene rings is 3. The fraction of sp³-hybridized carbons (Fsp3) is 0.364. The summed E-state index contributed by atoms with van der Waals surface area (Å²) < 4.78 is 46.5. The van der Waals surface area contributed by atoms with Gasteiger partial charge in [0.15, 0.2) is 5.79 Å². The molecule has 0 atom stereocenters. The maximum Gasteiger partial charge on any atom is 0.485 e. The lowest BCUT2D eigenvalue weighted by Crippen LogP contribution is -2.26. The standard InChI is InChI=1S/C22H24F2O4/c1-21(2,25-3)27-14-18-12-15(13-28-22(23,24)26-4)11-17-10-9-16-7-5-6-8-19(16)20(17)18/h5-12H,13-14H2,1-4H3. The Bertz CT molecular complexity index is 969. The smallest absolute Gasteiger partial charge is 0.354 e. The van der Waals surface area contributed by atoms with Crippen LogP contribution in [0.2, 0.25) is 0 Å². The number of alkyl halides is 2. The van der Waals surface area contributed by atoms with Crippen molar-refractivity contribution in [3.8, 4) is 0 Å². The number of hydrogen-bond donors (Lipinski definition) is 0. The Morgan fingerprint density at radius 2 is 1.54 bits per heavy atom. The van der Waals surface area contributed by atoms with Crippen LogP contribution in [0.3, 0.4) is 0 Å². The highest BCUT2D eigenvalue weighted by atomic mass is 19.3. The average Bonchev–Trinajstić information content (AvgIpc) is 2.70. The molecule has 0 saturated carbocycles. The van der Waals surface area contributed by atoms with Crippen LogP contribution in [-0.2, 0) is 32.2 Å². The second kappa shape index (κ2) is 8.09. The lowest BCUT2D eigenvalue weighted by molar-refractivity contribution is -0.387. The van der Waals surface area contributed by atoms with E-state index in [1.54, 1.807) is 7.11 Å². The Morgan fingerprint density at radius 3 is 2.25 bits per heavy atom. The quantitative estimate of drug-likeness (QED) is 0.370. The summed E-state index contributed by atoms with van der Waals surface area (Å²) in [5.74, 6) is -0.771. The molecule has 3 aromatic carbocycles. The van der Waals surface area contributed by atoms with Crippen LogP contribution in [0.5, 0.6) is 0 Å². The molecule has 0 amide bonds. The molecule has 0 heterocycles. The predicted octanol–water partition coefficient (Wildman–Crippen LogP) is 5.61. The molecule has 3 rings (SSSR count). The van der Waals surface area contributed by atoms with Crippen molar-refractivity contribution >= 4 is 21.5 Å². The molecule has 0 N–H and O–H groups in total. The van der Waals surface area contributed by atoms with Crippen LogP contribution in [0, 0.1) is 0 Å². The molecule has 0 radical (unpaired) electrons. The first kappa shape index (κ1) is 20.6. The minimum absolute atomic E-state index is 0.264. The van der Waals surface area contributed by atoms with Crippen molar-refractivity contribution < 1.29 is 27.7 Å². The van der Waals surface area contributed by atoms with Crippen LogP contribution in [0.4, 0.5) is 8.78 Å². The number of fused-ring (bicyclic) bond motifs is 3. The zero-order chi connectivity index (χ0) is 20.4. The molecule has 0 aromatic heterocycles. The third kappa shape index (κ3) is 4.64. The number of ether oxygens (including phenoxy) is 4. The van der Waals surface area contributed by atoms with Gasteiger partial charge in [-0.3, -0.25) is 9.47 Å². The molecule has 0 unspecified atom stereocenters. The molecule has 4 nitrogen and oxygen atoms in total. The molecule has 0 aliphatic heterocycles. The van der Waals surface area contributed by atoms with Gasteiger partial charge >= 0.3 is 6.29 Å². The topological polar surface area (TPSA) is 36.9 Å². The molecule has 0 aliphatic rings. The summed E-state index contributed by atoms with van der Waals surface area (Å²) in [6.07, 6.45) is -3.63. The maximum atomic E-state index is 13.3. The molecular formula is C22H24F2O4. The summed E-state index contributed by atoms with van der Waals surface area (Å²) in [5.41, 5.74) is 1.48. The van der Waals surface area contributed by atoms with Crippen LogP contribution < -0.4 is 0 Å². The highest BCUT2D eigenvalue weighted by Crippen LogP contribution is 2.32. The Kier molecular flexibility index (Phi) is 5.95. The molecule has 0 spiro atoms. The summed E-state index contributed by atoms with van der Waals surface area (Å²) in [4.78, 5) is 0. The van der Waals surface area contributed by atoms with Gasteiger partial charge in [0, 0.05) is 14.2 Å². The maximum absolute atomic E-state index is 13.3. The highest BCUT2D eigenvalue weighted by Gasteiger charge is 2.30. The van der Waals surface area contributed by atoms with Crippen molar-refractivity contribution in [1.29, 1.82) is 0 Å². The van der Waals surface area contributed by atoms with Gasteiger partial charge in [-0.05, 0) is 52.6 Å². The molecule has 0 fully saturated rings. The summed E-state index contributed by atoms with van der Waals surface area (Å²) in [6, 6.07) is 15.7. The first-order valence-corrected chi connectivity index (χ1v) is 8.94. The second-order valence-corrected chi connectivity index (χ2v) is 6.99. The summed E-state index contributed by atoms with van der Waals surface area (Å²) in [6.45, 7) is 3.61. The monoisotopic (exact) mass is 390 g/mol. The average molecular weight is 390 g/mol. The van der Waals surface area contributed by atoms with E-state index < -0.39 is 12.1 Å². The van der Waals surface area contributed by atoms with Crippen molar-refractivity contribution in [2.24, 2.45) is 0 Å². The Balaban J connectivity index is 2.06. The van der Waals surface area contributed by atoms with E-state index in [1.807, 2.05) is 62.4 Å². The van der Waals surface area contributed by atoms with E-state index in [1.165, 1.54) is 0 Å². The van der Waals surface area contributed by atoms with Crippen LogP contribution in [0.1, 0.15) is 25.0 Å². The Labute approximate surface area is 162 Å². The summed E-state index contributed by atoms with van der Waals surface area (Å²) in [7, 11) is 2.48. The molecule has 0 saturated heterocycles. The lowest BCUT2D eigenvalue weighted by atomic mass is 9.96. The van der Waals surface area contributed by atoms with Crippen LogP contribution >= 0.6 is 0 Å². The van der Waals surface area contributed by atoms with E-state index >= 15 is 0 Å². The van der Waals surface area contributed by atoms with Crippen molar-refractivity contribution in [3.05, 3.63) is 59.7 Å². The zero-order valence-corrected chi connectivity index (χ0v) is 16.4. The van der Waals surface area contributed by atoms with Gasteiger partial charge in [-0.2, -0.15) is 0 Å². The normalized spacial score (nSPS) is 12.8. The fourth-order valence-electron chi connectivity index (χ4n) is 3.04. The van der Waals surface area contributed by atoms with E-state index in [9.17, 15) is 8.78 Å². The van der Waals surface area contributed by atoms with Crippen LogP contribution in [0.15, 0.2) is 48.5 Å². The second-order valence-electron chi connectivity index (χ2n) is 6.99. The third-order valence-electron chi connectivity index (χ3n) is 4.69. The van der Waals surface area contributed by atoms with E-state index in [0.29, 0.717) is 5.56 Å². The van der Waals surface area contributed by atoms with Gasteiger partial charge in [-0.25, -0.2) is 0 Å². The van der Waals surface area contributed by atoms with Gasteiger partial charge < -0.3 is 9.47 Å². The largest absolute Gasteiger partial charge is 0.485 e. The number of methoxy groups -OCH3 is 2. The first-order valence-electron chi connectivity index (χ1n) is 8.94. The fourth-order valence-corrected chi connectivity index (χ4v) is 3.04. The van der Waals surface area contributed by atoms with E-state index in [0.717, 1.165) is 34.2 Å². The Morgan fingerprint density at radius 1 is 0.821 bits per heavy atom. The highest BCUT2D eigenvalue weighted by molar-refractivity contribution is 6.09. The van der Waals surface area contributed by atoms with Gasteiger partial charge in [0.2, 0.25) is 0 Å². The third-order valence-corrected chi connectivity index (χ3v) is 4.69. The van der Waals surface area contributed by atoms with Crippen molar-refractivity contribution in [1.82, 2.24) is 0 Å². The van der Waals surface area contributed by atoms with Gasteiger partial charge in [0.05, 0.1) is 13.2 Å². The van der Waals surface area contributed by atoms with Crippen molar-refractivity contribution in [2.75, 3.05) is 14.2 Å². The van der Waals surface area contributed by atoms with Crippen molar-refractivity contribution in [3.63, 3.8) is 0 Å². The number of hydrogen-bond acceptors (Lipinski definition) is 4. The minimum atomic E-state index is -3.63. The molecule has 6 heteroatoms. The number of halogens is 2. The summed E-state index contributed by atoms with van der Waals surface area (Å²) >= 11 is 0. The van der Waals surface area contributed by atoms with E-state index in [4.69, 9.17) is 9.47 Å². The molecule has 3 aromatic rings. The SMILES string of the molecule is COC(C)(C)OCc1cc(COC(F)(F)OC)cc2ccc3ccccc3c12. The summed E-state index contributed by atoms with van der Waals surface area (Å²) in [5, 5.41) is 4.11. The molecular weight excluding hydrogens is 366 g/mol. The van der Waals surface area contributed by atoms with Gasteiger partial charge in [-0.1, -0.05) is 42.5 Å². The lowest BCUT2D eigenvalue weighted by Gasteiger charge is -2.24. The molecule has 150 valence electrons. The van der Waals surface area contributed by atoms with Gasteiger partial charge in [-0.15, -0.1) is 8.78 Å². The van der Waals surface area contributed by atoms with Crippen molar-refractivity contribution in [2.45, 2.75) is 39.1 Å². The van der Waals surface area contributed by atoms with Gasteiger partial charge in [0.1, 0.15) is 0 Å². The van der Waals surface area contributed by atoms with E-state index in [-0.39, 0.29) is 13.2 Å². The Hall–Kier alpha value is -2.12. The van der Waals surface area contributed by atoms with Crippen LogP contribution in [0.25, 0.3) is 21.5 Å². The molecule has 0 aliphatic carbocycles. The van der Waals surface area contributed by atoms with Gasteiger partial charge in [0.25, 0.3) is 0 Å². The minimum Gasteiger partial charge on any atom is -0.354 e. The molecule has 28 heavy (non-hydrogen) atoms. The zero-order valence-electron chi connectivity index (χ0n) is 16.4.